The normalized spacial score (nSPS) is 16.7. The highest BCUT2D eigenvalue weighted by Gasteiger charge is 2.40. The molecule has 5 nitrogen and oxygen atoms in total. The second-order valence-electron chi connectivity index (χ2n) is 9.18. The van der Waals surface area contributed by atoms with Gasteiger partial charge in [0.1, 0.15) is 16.7 Å². The molecule has 36 heavy (non-hydrogen) atoms. The molecule has 1 unspecified atom stereocenters. The van der Waals surface area contributed by atoms with E-state index < -0.39 is 11.2 Å². The lowest BCUT2D eigenvalue weighted by Gasteiger charge is -2.19. The summed E-state index contributed by atoms with van der Waals surface area (Å²) in [6.45, 7) is 6.54. The fourth-order valence-corrected chi connectivity index (χ4v) is 5.46. The van der Waals surface area contributed by atoms with Crippen LogP contribution in [0.3, 0.4) is 0 Å². The molecule has 1 aliphatic rings. The topological polar surface area (TPSA) is 73.2 Å². The highest BCUT2D eigenvalue weighted by molar-refractivity contribution is 8.05. The number of amides is 2. The number of nitriles is 1. The van der Waals surface area contributed by atoms with Crippen LogP contribution in [0, 0.1) is 18.3 Å². The molecule has 0 aromatic heterocycles. The monoisotopic (exact) mass is 495 g/mol. The van der Waals surface area contributed by atoms with Gasteiger partial charge in [0.05, 0.1) is 5.25 Å². The summed E-state index contributed by atoms with van der Waals surface area (Å²) < 4.78 is 0. The molecule has 1 N–H and O–H groups in total. The summed E-state index contributed by atoms with van der Waals surface area (Å²) in [4.78, 5) is 28.3. The quantitative estimate of drug-likeness (QED) is 0.329. The second kappa shape index (κ2) is 11.3. The summed E-state index contributed by atoms with van der Waals surface area (Å²) in [5.41, 5.74) is 4.86. The average Bonchev–Trinajstić information content (AvgIpc) is 3.19. The van der Waals surface area contributed by atoms with Crippen LogP contribution in [0.2, 0.25) is 0 Å². The number of thioether (sulfide) groups is 1. The van der Waals surface area contributed by atoms with Gasteiger partial charge in [-0.15, -0.1) is 0 Å². The van der Waals surface area contributed by atoms with Crippen molar-refractivity contribution in [2.75, 3.05) is 4.90 Å². The Balaban J connectivity index is 1.68. The minimum absolute atomic E-state index is 0.0519. The molecule has 3 aromatic carbocycles. The maximum Gasteiger partial charge on any atom is 0.264 e. The summed E-state index contributed by atoms with van der Waals surface area (Å²) in [5, 5.41) is 12.8. The van der Waals surface area contributed by atoms with E-state index in [1.54, 1.807) is 0 Å². The molecule has 0 bridgehead atoms. The molecule has 182 valence electrons. The van der Waals surface area contributed by atoms with E-state index >= 15 is 0 Å². The van der Waals surface area contributed by atoms with Crippen molar-refractivity contribution in [3.63, 3.8) is 0 Å². The lowest BCUT2D eigenvalue weighted by Crippen LogP contribution is -2.32. The van der Waals surface area contributed by atoms with Crippen LogP contribution in [0.4, 0.5) is 5.69 Å². The maximum atomic E-state index is 13.7. The summed E-state index contributed by atoms with van der Waals surface area (Å²) in [6.07, 6.45) is 0.513. The van der Waals surface area contributed by atoms with Crippen LogP contribution in [0.15, 0.2) is 89.5 Å². The average molecular weight is 496 g/mol. The zero-order chi connectivity index (χ0) is 25.7. The zero-order valence-electron chi connectivity index (χ0n) is 20.7. The molecule has 0 aliphatic carbocycles. The van der Waals surface area contributed by atoms with Gasteiger partial charge < -0.3 is 5.32 Å². The lowest BCUT2D eigenvalue weighted by atomic mass is 10.0. The molecule has 1 atom stereocenters. The van der Waals surface area contributed by atoms with Crippen molar-refractivity contribution in [3.05, 3.63) is 112 Å². The third kappa shape index (κ3) is 5.69. The number of aryl methyl sites for hydroxylation is 1. The molecule has 4 rings (SSSR count). The van der Waals surface area contributed by atoms with Gasteiger partial charge in [0.2, 0.25) is 5.91 Å². The highest BCUT2D eigenvalue weighted by atomic mass is 32.2. The maximum absolute atomic E-state index is 13.7. The largest absolute Gasteiger partial charge is 0.347 e. The molecule has 1 fully saturated rings. The zero-order valence-corrected chi connectivity index (χ0v) is 21.5. The first-order valence-corrected chi connectivity index (χ1v) is 12.9. The first-order chi connectivity index (χ1) is 17.4. The van der Waals surface area contributed by atoms with E-state index in [4.69, 9.17) is 0 Å². The molecule has 1 heterocycles. The predicted molar refractivity (Wildman–Crippen MR) is 145 cm³/mol. The van der Waals surface area contributed by atoms with E-state index in [0.29, 0.717) is 29.6 Å². The first-order valence-electron chi connectivity index (χ1n) is 12.0. The third-order valence-corrected chi connectivity index (χ3v) is 7.39. The Morgan fingerprint density at radius 3 is 2.36 bits per heavy atom. The summed E-state index contributed by atoms with van der Waals surface area (Å²) in [7, 11) is 0. The lowest BCUT2D eigenvalue weighted by molar-refractivity contribution is -0.117. The number of rotatable bonds is 7. The Labute approximate surface area is 216 Å². The fourth-order valence-electron chi connectivity index (χ4n) is 4.15. The van der Waals surface area contributed by atoms with Crippen LogP contribution in [0.1, 0.15) is 42.0 Å². The van der Waals surface area contributed by atoms with Gasteiger partial charge >= 0.3 is 0 Å². The second-order valence-corrected chi connectivity index (χ2v) is 10.4. The predicted octanol–water partition coefficient (Wildman–Crippen LogP) is 5.86. The Hall–Kier alpha value is -3.82. The van der Waals surface area contributed by atoms with E-state index in [1.807, 2.05) is 79.7 Å². The van der Waals surface area contributed by atoms with Gasteiger partial charge in [-0.3, -0.25) is 14.5 Å². The van der Waals surface area contributed by atoms with Crippen LogP contribution in [-0.2, 0) is 22.6 Å². The SMILES string of the molecule is Cc1cccc(CC2S/C(=C(/C#N)C(=O)NCc3ccccc3)N(c3ccc(C(C)C)cc3)C2=O)c1. The molecular formula is C30H29N3O2S. The molecule has 0 spiro atoms. The van der Waals surface area contributed by atoms with Crippen molar-refractivity contribution in [2.24, 2.45) is 0 Å². The molecular weight excluding hydrogens is 466 g/mol. The van der Waals surface area contributed by atoms with Gasteiger partial charge in [-0.1, -0.05) is 97.9 Å². The first kappa shape index (κ1) is 25.3. The van der Waals surface area contributed by atoms with E-state index in [1.165, 1.54) is 16.7 Å². The van der Waals surface area contributed by atoms with Crippen molar-refractivity contribution in [2.45, 2.75) is 44.9 Å². The van der Waals surface area contributed by atoms with E-state index in [-0.39, 0.29) is 11.5 Å². The fraction of sp³-hybridized carbons (Fsp3) is 0.233. The van der Waals surface area contributed by atoms with Crippen molar-refractivity contribution >= 4 is 29.3 Å². The number of hydrogen-bond acceptors (Lipinski definition) is 4. The Morgan fingerprint density at radius 2 is 1.72 bits per heavy atom. The minimum Gasteiger partial charge on any atom is -0.347 e. The molecule has 0 radical (unpaired) electrons. The van der Waals surface area contributed by atoms with Crippen molar-refractivity contribution in [1.82, 2.24) is 5.32 Å². The Kier molecular flexibility index (Phi) is 7.92. The summed E-state index contributed by atoms with van der Waals surface area (Å²) >= 11 is 1.29. The van der Waals surface area contributed by atoms with E-state index in [2.05, 4.69) is 31.3 Å². The number of anilines is 1. The Bertz CT molecular complexity index is 1320. The van der Waals surface area contributed by atoms with Crippen LogP contribution in [0.5, 0.6) is 0 Å². The van der Waals surface area contributed by atoms with Crippen molar-refractivity contribution < 1.29 is 9.59 Å². The summed E-state index contributed by atoms with van der Waals surface area (Å²) in [5.74, 6) is -0.265. The minimum atomic E-state index is -0.489. The molecule has 3 aromatic rings. The van der Waals surface area contributed by atoms with E-state index in [0.717, 1.165) is 22.3 Å². The molecule has 1 aliphatic heterocycles. The number of carbonyl (C=O) groups excluding carboxylic acids is 2. The van der Waals surface area contributed by atoms with Gasteiger partial charge in [-0.05, 0) is 48.1 Å². The third-order valence-electron chi connectivity index (χ3n) is 6.12. The molecule has 2 amide bonds. The smallest absolute Gasteiger partial charge is 0.264 e. The highest BCUT2D eigenvalue weighted by Crippen LogP contribution is 2.42. The van der Waals surface area contributed by atoms with Crippen molar-refractivity contribution in [1.29, 1.82) is 5.26 Å². The van der Waals surface area contributed by atoms with E-state index in [9.17, 15) is 14.9 Å². The number of benzene rings is 3. The standard InChI is InChI=1S/C30H29N3O2S/c1-20(2)24-12-14-25(15-13-24)33-29(35)27(17-23-11-7-8-21(3)16-23)36-30(33)26(18-31)28(34)32-19-22-9-5-4-6-10-22/h4-16,20,27H,17,19H2,1-3H3,(H,32,34)/b30-26-. The van der Waals surface area contributed by atoms with Gasteiger partial charge in [-0.2, -0.15) is 5.26 Å². The molecule has 1 saturated heterocycles. The number of nitrogens with zero attached hydrogens (tertiary/aromatic N) is 2. The number of hydrogen-bond donors (Lipinski definition) is 1. The van der Waals surface area contributed by atoms with Gasteiger partial charge in [0.25, 0.3) is 5.91 Å². The molecule has 6 heteroatoms. The summed E-state index contributed by atoms with van der Waals surface area (Å²) in [6, 6.07) is 27.4. The number of carbonyl (C=O) groups is 2. The van der Waals surface area contributed by atoms with Crippen LogP contribution in [-0.4, -0.2) is 17.1 Å². The van der Waals surface area contributed by atoms with Gasteiger partial charge in [0.15, 0.2) is 0 Å². The van der Waals surface area contributed by atoms with Gasteiger partial charge in [-0.25, -0.2) is 0 Å². The van der Waals surface area contributed by atoms with Crippen LogP contribution >= 0.6 is 11.8 Å². The van der Waals surface area contributed by atoms with Crippen molar-refractivity contribution in [3.8, 4) is 6.07 Å². The van der Waals surface area contributed by atoms with Gasteiger partial charge in [0, 0.05) is 12.2 Å². The van der Waals surface area contributed by atoms with Crippen LogP contribution in [0.25, 0.3) is 0 Å². The Morgan fingerprint density at radius 1 is 1.03 bits per heavy atom. The molecule has 0 saturated carbocycles. The van der Waals surface area contributed by atoms with Crippen LogP contribution < -0.4 is 10.2 Å². The number of nitrogens with one attached hydrogen (secondary N) is 1.